The molecular formula is C16H26N4OS. The molecule has 0 spiro atoms. The highest BCUT2D eigenvalue weighted by molar-refractivity contribution is 7.80. The molecule has 0 radical (unpaired) electrons. The lowest BCUT2D eigenvalue weighted by Crippen LogP contribution is -2.34. The maximum atomic E-state index is 5.26. The zero-order chi connectivity index (χ0) is 15.8. The third kappa shape index (κ3) is 5.42. The topological polar surface area (TPSA) is 49.4 Å². The van der Waals surface area contributed by atoms with Crippen molar-refractivity contribution >= 4 is 28.8 Å². The van der Waals surface area contributed by atoms with Crippen LogP contribution in [0.3, 0.4) is 0 Å². The van der Waals surface area contributed by atoms with E-state index < -0.39 is 0 Å². The Bertz CT molecular complexity index is 466. The van der Waals surface area contributed by atoms with Crippen LogP contribution in [0.2, 0.25) is 0 Å². The van der Waals surface area contributed by atoms with Crippen LogP contribution in [-0.4, -0.2) is 43.4 Å². The fraction of sp³-hybridized carbons (Fsp3) is 0.625. The Kier molecular flexibility index (Phi) is 6.86. The van der Waals surface area contributed by atoms with Crippen LogP contribution in [0.4, 0.5) is 11.5 Å². The van der Waals surface area contributed by atoms with Crippen molar-refractivity contribution in [3.8, 4) is 0 Å². The molecule has 1 aliphatic rings. The van der Waals surface area contributed by atoms with Crippen LogP contribution in [0.25, 0.3) is 0 Å². The van der Waals surface area contributed by atoms with Gasteiger partial charge in [0, 0.05) is 33.4 Å². The Labute approximate surface area is 138 Å². The second-order valence-corrected chi connectivity index (χ2v) is 6.23. The predicted molar refractivity (Wildman–Crippen MR) is 95.6 cm³/mol. The molecule has 1 aromatic heterocycles. The molecule has 122 valence electrons. The Morgan fingerprint density at radius 1 is 1.50 bits per heavy atom. The van der Waals surface area contributed by atoms with Gasteiger partial charge in [-0.3, -0.25) is 0 Å². The molecular weight excluding hydrogens is 296 g/mol. The van der Waals surface area contributed by atoms with Crippen LogP contribution >= 0.6 is 12.2 Å². The lowest BCUT2D eigenvalue weighted by molar-refractivity contribution is 0.196. The van der Waals surface area contributed by atoms with Gasteiger partial charge in [0.1, 0.15) is 5.82 Å². The van der Waals surface area contributed by atoms with E-state index in [0.29, 0.717) is 5.11 Å². The zero-order valence-electron chi connectivity index (χ0n) is 13.5. The van der Waals surface area contributed by atoms with E-state index in [2.05, 4.69) is 33.5 Å². The number of anilines is 2. The monoisotopic (exact) mass is 322 g/mol. The summed E-state index contributed by atoms with van der Waals surface area (Å²) >= 11 is 5.26. The highest BCUT2D eigenvalue weighted by atomic mass is 32.1. The first-order chi connectivity index (χ1) is 10.7. The van der Waals surface area contributed by atoms with Gasteiger partial charge in [0.15, 0.2) is 5.11 Å². The van der Waals surface area contributed by atoms with Crippen molar-refractivity contribution in [1.29, 1.82) is 0 Å². The number of thiocarbonyl (C=S) groups is 1. The maximum Gasteiger partial charge on any atom is 0.170 e. The number of nitrogens with zero attached hydrogens (tertiary/aromatic N) is 2. The van der Waals surface area contributed by atoms with Crippen LogP contribution in [-0.2, 0) is 4.74 Å². The van der Waals surface area contributed by atoms with Crippen molar-refractivity contribution in [3.63, 3.8) is 0 Å². The standard InChI is InChI=1S/C16H26N4OS/c1-13-5-3-9-20(12-13)15-7-6-14(11-18-15)19-16(22)17-8-4-10-21-2/h6-7,11,13H,3-5,8-10,12H2,1-2H3,(H2,17,19,22). The minimum atomic E-state index is 0.622. The fourth-order valence-corrected chi connectivity index (χ4v) is 2.86. The number of methoxy groups -OCH3 is 1. The van der Waals surface area contributed by atoms with Crippen LogP contribution < -0.4 is 15.5 Å². The Balaban J connectivity index is 1.80. The molecule has 1 aliphatic heterocycles. The summed E-state index contributed by atoms with van der Waals surface area (Å²) in [6.45, 7) is 6.04. The molecule has 0 bridgehead atoms. The third-order valence-electron chi connectivity index (χ3n) is 3.80. The first-order valence-corrected chi connectivity index (χ1v) is 8.34. The molecule has 1 fully saturated rings. The maximum absolute atomic E-state index is 5.26. The van der Waals surface area contributed by atoms with Crippen molar-refractivity contribution in [2.75, 3.05) is 43.6 Å². The zero-order valence-corrected chi connectivity index (χ0v) is 14.3. The van der Waals surface area contributed by atoms with Gasteiger partial charge >= 0.3 is 0 Å². The van der Waals surface area contributed by atoms with Crippen molar-refractivity contribution in [1.82, 2.24) is 10.3 Å². The van der Waals surface area contributed by atoms with Crippen molar-refractivity contribution in [2.24, 2.45) is 5.92 Å². The van der Waals surface area contributed by atoms with Crippen LogP contribution in [0.15, 0.2) is 18.3 Å². The third-order valence-corrected chi connectivity index (χ3v) is 4.04. The van der Waals surface area contributed by atoms with Crippen LogP contribution in [0.5, 0.6) is 0 Å². The molecule has 1 aromatic rings. The first-order valence-electron chi connectivity index (χ1n) is 7.94. The van der Waals surface area contributed by atoms with E-state index >= 15 is 0 Å². The molecule has 0 saturated carbocycles. The largest absolute Gasteiger partial charge is 0.385 e. The van der Waals surface area contributed by atoms with E-state index in [-0.39, 0.29) is 0 Å². The van der Waals surface area contributed by atoms with Gasteiger partial charge in [-0.05, 0) is 49.5 Å². The molecule has 5 nitrogen and oxygen atoms in total. The number of ether oxygens (including phenoxy) is 1. The highest BCUT2D eigenvalue weighted by Crippen LogP contribution is 2.21. The van der Waals surface area contributed by atoms with Crippen LogP contribution in [0, 0.1) is 5.92 Å². The van der Waals surface area contributed by atoms with Gasteiger partial charge in [-0.1, -0.05) is 6.92 Å². The Morgan fingerprint density at radius 2 is 2.36 bits per heavy atom. The summed E-state index contributed by atoms with van der Waals surface area (Å²) in [5.74, 6) is 1.80. The average Bonchev–Trinajstić information content (AvgIpc) is 2.52. The number of nitrogens with one attached hydrogen (secondary N) is 2. The highest BCUT2D eigenvalue weighted by Gasteiger charge is 2.17. The van der Waals surface area contributed by atoms with E-state index in [1.54, 1.807) is 7.11 Å². The van der Waals surface area contributed by atoms with Gasteiger partial charge in [-0.2, -0.15) is 0 Å². The number of piperidine rings is 1. The van der Waals surface area contributed by atoms with Crippen LogP contribution in [0.1, 0.15) is 26.2 Å². The fourth-order valence-electron chi connectivity index (χ4n) is 2.64. The number of rotatable bonds is 6. The first kappa shape index (κ1) is 17.0. The molecule has 1 unspecified atom stereocenters. The van der Waals surface area contributed by atoms with Gasteiger partial charge in [0.2, 0.25) is 0 Å². The van der Waals surface area contributed by atoms with Crippen molar-refractivity contribution < 1.29 is 4.74 Å². The summed E-state index contributed by atoms with van der Waals surface area (Å²) in [4.78, 5) is 6.92. The number of aromatic nitrogens is 1. The van der Waals surface area contributed by atoms with Gasteiger partial charge < -0.3 is 20.3 Å². The van der Waals surface area contributed by atoms with Gasteiger partial charge in [-0.25, -0.2) is 4.98 Å². The van der Waals surface area contributed by atoms with E-state index in [0.717, 1.165) is 50.1 Å². The lowest BCUT2D eigenvalue weighted by Gasteiger charge is -2.31. The van der Waals surface area contributed by atoms with Crippen molar-refractivity contribution in [3.05, 3.63) is 18.3 Å². The average molecular weight is 322 g/mol. The number of hydrogen-bond acceptors (Lipinski definition) is 4. The van der Waals surface area contributed by atoms with Crippen molar-refractivity contribution in [2.45, 2.75) is 26.2 Å². The van der Waals surface area contributed by atoms with Gasteiger partial charge in [0.05, 0.1) is 11.9 Å². The molecule has 1 saturated heterocycles. The van der Waals surface area contributed by atoms with E-state index in [4.69, 9.17) is 17.0 Å². The van der Waals surface area contributed by atoms with Gasteiger partial charge in [-0.15, -0.1) is 0 Å². The summed E-state index contributed by atoms with van der Waals surface area (Å²) in [6, 6.07) is 4.10. The van der Waals surface area contributed by atoms with Gasteiger partial charge in [0.25, 0.3) is 0 Å². The number of hydrogen-bond donors (Lipinski definition) is 2. The predicted octanol–water partition coefficient (Wildman–Crippen LogP) is 2.64. The molecule has 2 N–H and O–H groups in total. The molecule has 0 aromatic carbocycles. The quantitative estimate of drug-likeness (QED) is 0.620. The second kappa shape index (κ2) is 8.90. The summed E-state index contributed by atoms with van der Waals surface area (Å²) < 4.78 is 5.00. The SMILES string of the molecule is COCCCNC(=S)Nc1ccc(N2CCCC(C)C2)nc1. The summed E-state index contributed by atoms with van der Waals surface area (Å²) in [5, 5.41) is 6.93. The molecule has 6 heteroatoms. The minimum Gasteiger partial charge on any atom is -0.385 e. The molecule has 1 atom stereocenters. The molecule has 2 heterocycles. The second-order valence-electron chi connectivity index (χ2n) is 5.83. The lowest BCUT2D eigenvalue weighted by atomic mass is 10.0. The summed E-state index contributed by atoms with van der Waals surface area (Å²) in [6.07, 6.45) is 5.35. The Morgan fingerprint density at radius 3 is 3.05 bits per heavy atom. The van der Waals surface area contributed by atoms with E-state index in [1.165, 1.54) is 12.8 Å². The normalized spacial score (nSPS) is 18.1. The molecule has 2 rings (SSSR count). The Hall–Kier alpha value is -1.40. The van der Waals surface area contributed by atoms with E-state index in [9.17, 15) is 0 Å². The molecule has 0 aliphatic carbocycles. The molecule has 0 amide bonds. The summed E-state index contributed by atoms with van der Waals surface area (Å²) in [7, 11) is 1.70. The minimum absolute atomic E-state index is 0.622. The van der Waals surface area contributed by atoms with E-state index in [1.807, 2.05) is 12.3 Å². The summed E-state index contributed by atoms with van der Waals surface area (Å²) in [5.41, 5.74) is 0.915. The smallest absolute Gasteiger partial charge is 0.170 e. The molecule has 22 heavy (non-hydrogen) atoms. The number of pyridine rings is 1.